The quantitative estimate of drug-likeness (QED) is 0.00963. The number of allylic oxidation sites excluding steroid dienone is 10. The van der Waals surface area contributed by atoms with Crippen LogP contribution in [0.15, 0.2) is 72.9 Å². The molecule has 380 valence electrons. The molecule has 0 bridgehead atoms. The number of unbranched alkanes of at least 4 members (excludes halogenated alkanes) is 12. The smallest absolute Gasteiger partial charge is 0.462 e. The van der Waals surface area contributed by atoms with Gasteiger partial charge in [-0.1, -0.05) is 132 Å². The summed E-state index contributed by atoms with van der Waals surface area (Å²) in [6.07, 6.45) is 26.0. The molecule has 0 heterocycles. The predicted molar refractivity (Wildman–Crippen MR) is 252 cm³/mol. The van der Waals surface area contributed by atoms with Crippen LogP contribution in [0.1, 0.15) is 149 Å². The maximum Gasteiger partial charge on any atom is 0.472 e. The second-order valence-electron chi connectivity index (χ2n) is 16.3. The van der Waals surface area contributed by atoms with Crippen molar-refractivity contribution in [2.75, 3.05) is 13.2 Å². The molecule has 0 spiro atoms. The fourth-order valence-corrected chi connectivity index (χ4v) is 8.14. The fourth-order valence-electron chi connectivity index (χ4n) is 6.60. The van der Waals surface area contributed by atoms with Gasteiger partial charge in [0.2, 0.25) is 0 Å². The van der Waals surface area contributed by atoms with E-state index in [1.807, 2.05) is 36.5 Å². The van der Waals surface area contributed by atoms with Crippen LogP contribution < -0.4 is 0 Å². The van der Waals surface area contributed by atoms with Gasteiger partial charge in [0.05, 0.1) is 12.7 Å². The van der Waals surface area contributed by atoms with E-state index in [4.69, 9.17) is 28.3 Å². The highest BCUT2D eigenvalue weighted by molar-refractivity contribution is 7.47. The Hall–Kier alpha value is -2.60. The molecule has 66 heavy (non-hydrogen) atoms. The van der Waals surface area contributed by atoms with Crippen molar-refractivity contribution >= 4 is 27.6 Å². The number of carbonyl (C=O) groups excluding carboxylic acids is 2. The number of phosphoric ester groups is 2. The molecule has 0 amide bonds. The number of hydrogen-bond acceptors (Lipinski definition) is 14. The Morgan fingerprint density at radius 1 is 0.561 bits per heavy atom. The Bertz CT molecular complexity index is 1570. The van der Waals surface area contributed by atoms with Crippen LogP contribution in [0.4, 0.5) is 0 Å². The van der Waals surface area contributed by atoms with Gasteiger partial charge in [0.15, 0.2) is 6.10 Å². The summed E-state index contributed by atoms with van der Waals surface area (Å²) >= 11 is 0. The number of aliphatic hydroxyl groups excluding tert-OH is 5. The average Bonchev–Trinajstić information content (AvgIpc) is 3.27. The molecule has 0 aliphatic heterocycles. The zero-order valence-electron chi connectivity index (χ0n) is 39.0. The third kappa shape index (κ3) is 31.4. The van der Waals surface area contributed by atoms with Gasteiger partial charge in [0, 0.05) is 12.8 Å². The molecule has 1 rings (SSSR count). The first-order valence-corrected chi connectivity index (χ1v) is 26.6. The van der Waals surface area contributed by atoms with E-state index in [-0.39, 0.29) is 12.8 Å². The Morgan fingerprint density at radius 2 is 1.08 bits per heavy atom. The van der Waals surface area contributed by atoms with Gasteiger partial charge >= 0.3 is 27.6 Å². The molecule has 8 N–H and O–H groups in total. The van der Waals surface area contributed by atoms with Crippen LogP contribution in [-0.4, -0.2) is 114 Å². The van der Waals surface area contributed by atoms with Gasteiger partial charge in [-0.15, -0.1) is 0 Å². The minimum atomic E-state index is -5.38. The first-order chi connectivity index (χ1) is 31.5. The van der Waals surface area contributed by atoms with Gasteiger partial charge in [0.25, 0.3) is 0 Å². The molecule has 0 aromatic heterocycles. The van der Waals surface area contributed by atoms with Crippen LogP contribution in [-0.2, 0) is 41.8 Å². The minimum absolute atomic E-state index is 0.000136. The van der Waals surface area contributed by atoms with Crippen LogP contribution in [0.3, 0.4) is 0 Å². The van der Waals surface area contributed by atoms with Crippen LogP contribution in [0.5, 0.6) is 0 Å². The standard InChI is InChI=1S/C47H80O17P2/c1-3-5-7-9-11-12-13-14-15-16-17-18-22-27-31-35-41(50)62-39(37-61-66(58,59)64-47-44(53)42(51)43(52)46(45(47)54)63-65(55,56)57)36-60-40(49)34-30-26-23-19-21-25-29-33-38(48)32-28-24-20-10-8-6-4-2/h11-12,14-15,19-20,23-25,28-29,32,38-39,42-48,51-54H,3-10,13,16-18,21-22,26-27,30-31,33-37H2,1-2H3,(H,58,59)(H2,55,56,57)/b12-11-,15-14-,23-19+,24-20-,29-25-,32-28-/t38-,39-,42?,43?,44?,45?,46-,47+/m1/s1. The molecular weight excluding hydrogens is 898 g/mol. The number of esters is 2. The van der Waals surface area contributed by atoms with Crippen LogP contribution in [0, 0.1) is 0 Å². The van der Waals surface area contributed by atoms with Gasteiger partial charge in [0.1, 0.15) is 43.2 Å². The third-order valence-corrected chi connectivity index (χ3v) is 11.8. The maximum atomic E-state index is 13.0. The van der Waals surface area contributed by atoms with Crippen molar-refractivity contribution in [3.8, 4) is 0 Å². The monoisotopic (exact) mass is 978 g/mol. The highest BCUT2D eigenvalue weighted by Gasteiger charge is 2.54. The zero-order valence-corrected chi connectivity index (χ0v) is 40.7. The minimum Gasteiger partial charge on any atom is -0.462 e. The van der Waals surface area contributed by atoms with E-state index in [0.717, 1.165) is 57.8 Å². The Balaban J connectivity index is 2.68. The summed E-state index contributed by atoms with van der Waals surface area (Å²) < 4.78 is 49.2. The van der Waals surface area contributed by atoms with Crippen molar-refractivity contribution in [1.29, 1.82) is 0 Å². The molecule has 9 atom stereocenters. The molecule has 1 fully saturated rings. The molecular formula is C47H80O17P2. The summed E-state index contributed by atoms with van der Waals surface area (Å²) in [4.78, 5) is 54.2. The van der Waals surface area contributed by atoms with E-state index >= 15 is 0 Å². The van der Waals surface area contributed by atoms with E-state index in [1.54, 1.807) is 6.08 Å². The molecule has 0 saturated heterocycles. The molecule has 1 aliphatic carbocycles. The van der Waals surface area contributed by atoms with Crippen molar-refractivity contribution in [2.45, 2.75) is 198 Å². The van der Waals surface area contributed by atoms with Crippen molar-refractivity contribution in [2.24, 2.45) is 0 Å². The van der Waals surface area contributed by atoms with Crippen molar-refractivity contribution < 1.29 is 82.0 Å². The highest BCUT2D eigenvalue weighted by atomic mass is 31.2. The van der Waals surface area contributed by atoms with E-state index in [1.165, 1.54) is 32.1 Å². The Morgan fingerprint density at radius 3 is 1.68 bits per heavy atom. The summed E-state index contributed by atoms with van der Waals surface area (Å²) in [5.74, 6) is -1.33. The molecule has 1 aliphatic rings. The largest absolute Gasteiger partial charge is 0.472 e. The normalized spacial score (nSPS) is 22.6. The number of phosphoric acid groups is 2. The third-order valence-electron chi connectivity index (χ3n) is 10.3. The van der Waals surface area contributed by atoms with Crippen molar-refractivity contribution in [1.82, 2.24) is 0 Å². The van der Waals surface area contributed by atoms with Crippen LogP contribution in [0.2, 0.25) is 0 Å². The number of aliphatic hydroxyl groups is 5. The highest BCUT2D eigenvalue weighted by Crippen LogP contribution is 2.49. The molecule has 17 nitrogen and oxygen atoms in total. The number of ether oxygens (including phenoxy) is 2. The number of carbonyl (C=O) groups is 2. The van der Waals surface area contributed by atoms with Gasteiger partial charge in [-0.2, -0.15) is 0 Å². The molecule has 0 aromatic rings. The van der Waals surface area contributed by atoms with Crippen LogP contribution in [0.25, 0.3) is 0 Å². The Kier molecular flexibility index (Phi) is 34.7. The molecule has 0 aromatic carbocycles. The van der Waals surface area contributed by atoms with Gasteiger partial charge in [-0.3, -0.25) is 23.2 Å². The van der Waals surface area contributed by atoms with Gasteiger partial charge < -0.3 is 49.7 Å². The lowest BCUT2D eigenvalue weighted by molar-refractivity contribution is -0.216. The summed E-state index contributed by atoms with van der Waals surface area (Å²) in [5, 5.41) is 51.3. The summed E-state index contributed by atoms with van der Waals surface area (Å²) in [7, 11) is -10.7. The SMILES string of the molecule is CCCCC/C=C\C=C/[C@@H](O)C/C=C\C/C=C/CCCC(=O)OC[C@H](COP(=O)(O)O[C@H]1C(O)C(O)C(O)[C@@H](OP(=O)(O)O)C1O)OC(=O)CCCCCCC/C=C\C/C=C\CCCCC. The van der Waals surface area contributed by atoms with Crippen molar-refractivity contribution in [3.63, 3.8) is 0 Å². The second kappa shape index (κ2) is 37.3. The van der Waals surface area contributed by atoms with E-state index < -0.39 is 89.6 Å². The summed E-state index contributed by atoms with van der Waals surface area (Å²) in [6, 6.07) is 0. The van der Waals surface area contributed by atoms with E-state index in [2.05, 4.69) is 48.8 Å². The van der Waals surface area contributed by atoms with Crippen LogP contribution >= 0.6 is 15.6 Å². The number of hydrogen-bond donors (Lipinski definition) is 8. The lowest BCUT2D eigenvalue weighted by atomic mass is 9.85. The predicted octanol–water partition coefficient (Wildman–Crippen LogP) is 7.81. The molecule has 1 saturated carbocycles. The average molecular weight is 979 g/mol. The fraction of sp³-hybridized carbons (Fsp3) is 0.702. The first-order valence-electron chi connectivity index (χ1n) is 23.6. The van der Waals surface area contributed by atoms with Gasteiger partial charge in [-0.25, -0.2) is 9.13 Å². The second-order valence-corrected chi connectivity index (χ2v) is 18.9. The van der Waals surface area contributed by atoms with Crippen molar-refractivity contribution in [3.05, 3.63) is 72.9 Å². The zero-order chi connectivity index (χ0) is 49.1. The summed E-state index contributed by atoms with van der Waals surface area (Å²) in [6.45, 7) is 2.91. The lowest BCUT2D eigenvalue weighted by Crippen LogP contribution is -2.64. The summed E-state index contributed by atoms with van der Waals surface area (Å²) in [5.41, 5.74) is 0. The molecule has 0 radical (unpaired) electrons. The van der Waals surface area contributed by atoms with E-state index in [9.17, 15) is 49.1 Å². The topological polar surface area (TPSA) is 276 Å². The van der Waals surface area contributed by atoms with E-state index in [0.29, 0.717) is 32.1 Å². The van der Waals surface area contributed by atoms with Gasteiger partial charge in [-0.05, 0) is 77.0 Å². The first kappa shape index (κ1) is 61.4. The Labute approximate surface area is 392 Å². The molecule has 19 heteroatoms. The number of rotatable bonds is 38. The molecule has 5 unspecified atom stereocenters. The lowest BCUT2D eigenvalue weighted by Gasteiger charge is -2.43. The maximum absolute atomic E-state index is 13.0.